The van der Waals surface area contributed by atoms with Crippen molar-refractivity contribution in [2.75, 3.05) is 12.3 Å². The first-order valence-electron chi connectivity index (χ1n) is 7.96. The summed E-state index contributed by atoms with van der Waals surface area (Å²) in [6.45, 7) is 2.08. The van der Waals surface area contributed by atoms with Crippen molar-refractivity contribution in [2.24, 2.45) is 4.99 Å². The molecule has 0 unspecified atom stereocenters. The van der Waals surface area contributed by atoms with Crippen LogP contribution in [0.15, 0.2) is 23.2 Å². The molecule has 3 rings (SSSR count). The number of unbranched alkanes of at least 4 members (excludes halogenated alkanes) is 1. The Labute approximate surface area is 130 Å². The van der Waals surface area contributed by atoms with Crippen molar-refractivity contribution < 1.29 is 5.11 Å². The van der Waals surface area contributed by atoms with Crippen molar-refractivity contribution in [3.8, 4) is 0 Å². The van der Waals surface area contributed by atoms with Crippen molar-refractivity contribution in [1.82, 2.24) is 9.97 Å². The van der Waals surface area contributed by atoms with E-state index in [4.69, 9.17) is 5.73 Å². The lowest BCUT2D eigenvalue weighted by molar-refractivity contribution is 0.354. The van der Waals surface area contributed by atoms with Crippen molar-refractivity contribution in [2.45, 2.75) is 44.9 Å². The average Bonchev–Trinajstić information content (AvgIpc) is 3.35. The van der Waals surface area contributed by atoms with Gasteiger partial charge in [0.15, 0.2) is 5.82 Å². The number of nitrogen functional groups attached to an aromatic ring is 1. The lowest BCUT2D eigenvalue weighted by Crippen LogP contribution is -2.05. The Morgan fingerprint density at radius 3 is 2.86 bits per heavy atom. The maximum Gasteiger partial charge on any atom is 0.222 e. The molecule has 0 amide bonds. The number of fused-ring (bicyclic) bond motifs is 1. The van der Waals surface area contributed by atoms with E-state index < -0.39 is 0 Å². The van der Waals surface area contributed by atoms with Crippen LogP contribution in [0, 0.1) is 0 Å². The van der Waals surface area contributed by atoms with E-state index in [9.17, 15) is 5.11 Å². The number of nitrogens with zero attached hydrogens (tertiary/aromatic N) is 3. The monoisotopic (exact) mass is 298 g/mol. The lowest BCUT2D eigenvalue weighted by Gasteiger charge is -2.09. The molecule has 1 aliphatic rings. The predicted molar refractivity (Wildman–Crippen MR) is 89.6 cm³/mol. The molecule has 0 atom stereocenters. The fourth-order valence-corrected chi connectivity index (χ4v) is 2.72. The van der Waals surface area contributed by atoms with Gasteiger partial charge in [-0.1, -0.05) is 25.5 Å². The molecule has 0 bridgehead atoms. The predicted octanol–water partition coefficient (Wildman–Crippen LogP) is 3.34. The number of anilines is 1. The minimum atomic E-state index is -0.0446. The first-order chi connectivity index (χ1) is 10.7. The molecule has 0 saturated heterocycles. The highest BCUT2D eigenvalue weighted by molar-refractivity contribution is 5.96. The number of aliphatic hydroxyl groups is 1. The van der Waals surface area contributed by atoms with E-state index in [0.29, 0.717) is 11.7 Å². The van der Waals surface area contributed by atoms with Gasteiger partial charge >= 0.3 is 0 Å². The summed E-state index contributed by atoms with van der Waals surface area (Å²) in [5, 5.41) is 10.5. The zero-order valence-corrected chi connectivity index (χ0v) is 12.9. The van der Waals surface area contributed by atoms with Crippen LogP contribution in [0.2, 0.25) is 0 Å². The molecule has 1 aromatic heterocycles. The number of benzene rings is 1. The molecule has 116 valence electrons. The first-order valence-corrected chi connectivity index (χ1v) is 7.96. The summed E-state index contributed by atoms with van der Waals surface area (Å²) in [5.41, 5.74) is 8.68. The molecule has 0 radical (unpaired) electrons. The summed E-state index contributed by atoms with van der Waals surface area (Å²) in [5.74, 6) is 1.41. The van der Waals surface area contributed by atoms with E-state index >= 15 is 0 Å². The minimum absolute atomic E-state index is 0.0446. The van der Waals surface area contributed by atoms with E-state index in [0.717, 1.165) is 35.9 Å². The Morgan fingerprint density at radius 2 is 2.18 bits per heavy atom. The fourth-order valence-electron chi connectivity index (χ4n) is 2.72. The van der Waals surface area contributed by atoms with Gasteiger partial charge in [0.25, 0.3) is 0 Å². The Kier molecular flexibility index (Phi) is 4.34. The number of aromatic nitrogens is 2. The van der Waals surface area contributed by atoms with Crippen LogP contribution in [0.4, 0.5) is 11.8 Å². The second-order valence-corrected chi connectivity index (χ2v) is 5.86. The largest absolute Gasteiger partial charge is 0.390 e. The van der Waals surface area contributed by atoms with E-state index in [1.165, 1.54) is 18.4 Å². The van der Waals surface area contributed by atoms with Crippen LogP contribution >= 0.6 is 0 Å². The molecule has 1 saturated carbocycles. The molecular formula is C17H22N4O. The van der Waals surface area contributed by atoms with Gasteiger partial charge in [0.1, 0.15) is 0 Å². The van der Waals surface area contributed by atoms with Crippen LogP contribution in [-0.4, -0.2) is 27.4 Å². The van der Waals surface area contributed by atoms with Crippen LogP contribution in [0.25, 0.3) is 10.9 Å². The van der Waals surface area contributed by atoms with Crippen LogP contribution in [0.3, 0.4) is 0 Å². The number of rotatable bonds is 6. The highest BCUT2D eigenvalue weighted by Crippen LogP contribution is 2.44. The molecule has 3 N–H and O–H groups in total. The van der Waals surface area contributed by atoms with Gasteiger partial charge in [0, 0.05) is 11.1 Å². The van der Waals surface area contributed by atoms with Gasteiger partial charge in [-0.2, -0.15) is 4.98 Å². The van der Waals surface area contributed by atoms with Crippen LogP contribution in [0.1, 0.15) is 50.5 Å². The molecule has 5 nitrogen and oxygen atoms in total. The van der Waals surface area contributed by atoms with Crippen molar-refractivity contribution in [3.63, 3.8) is 0 Å². The van der Waals surface area contributed by atoms with Gasteiger partial charge in [-0.05, 0) is 43.2 Å². The molecule has 1 fully saturated rings. The summed E-state index contributed by atoms with van der Waals surface area (Å²) in [4.78, 5) is 13.3. The number of aliphatic hydroxyl groups excluding tert-OH is 1. The number of hydrogen-bond acceptors (Lipinski definition) is 5. The number of hydrogen-bond donors (Lipinski definition) is 2. The standard InChI is InChI=1S/C17H22N4O/c1-2-3-5-12(10-22)19-16-15-13(11-8-9-11)6-4-7-14(15)20-17(18)21-16/h4,6-7,11,22H,2-3,5,8-10H2,1H3,(H2,18,20,21)/b19-12+. The number of aliphatic imine (C=N–C) groups is 1. The molecule has 1 aliphatic carbocycles. The normalized spacial score (nSPS) is 15.5. The summed E-state index contributed by atoms with van der Waals surface area (Å²) in [6, 6.07) is 6.09. The topological polar surface area (TPSA) is 84.4 Å². The quantitative estimate of drug-likeness (QED) is 0.801. The zero-order valence-electron chi connectivity index (χ0n) is 12.9. The third-order valence-electron chi connectivity index (χ3n) is 4.04. The molecule has 1 heterocycles. The summed E-state index contributed by atoms with van der Waals surface area (Å²) >= 11 is 0. The maximum atomic E-state index is 9.54. The Hall–Kier alpha value is -2.01. The Balaban J connectivity index is 2.12. The van der Waals surface area contributed by atoms with Gasteiger partial charge in [-0.15, -0.1) is 0 Å². The summed E-state index contributed by atoms with van der Waals surface area (Å²) in [7, 11) is 0. The van der Waals surface area contributed by atoms with Gasteiger partial charge in [0.05, 0.1) is 12.1 Å². The summed E-state index contributed by atoms with van der Waals surface area (Å²) in [6.07, 6.45) is 5.26. The highest BCUT2D eigenvalue weighted by atomic mass is 16.3. The maximum absolute atomic E-state index is 9.54. The third-order valence-corrected chi connectivity index (χ3v) is 4.04. The van der Waals surface area contributed by atoms with Crippen LogP contribution in [0.5, 0.6) is 0 Å². The third kappa shape index (κ3) is 3.09. The van der Waals surface area contributed by atoms with Gasteiger partial charge in [-0.25, -0.2) is 9.98 Å². The average molecular weight is 298 g/mol. The molecule has 5 heteroatoms. The van der Waals surface area contributed by atoms with E-state index in [1.54, 1.807) is 0 Å². The summed E-state index contributed by atoms with van der Waals surface area (Å²) < 4.78 is 0. The second kappa shape index (κ2) is 6.40. The molecule has 0 aliphatic heterocycles. The molecule has 22 heavy (non-hydrogen) atoms. The van der Waals surface area contributed by atoms with Gasteiger partial charge in [0.2, 0.25) is 5.95 Å². The van der Waals surface area contributed by atoms with Gasteiger partial charge in [-0.3, -0.25) is 0 Å². The first kappa shape index (κ1) is 14.9. The van der Waals surface area contributed by atoms with E-state index in [-0.39, 0.29) is 12.6 Å². The molecule has 2 aromatic rings. The van der Waals surface area contributed by atoms with E-state index in [2.05, 4.69) is 28.0 Å². The number of nitrogens with two attached hydrogens (primary N) is 1. The molecular weight excluding hydrogens is 276 g/mol. The van der Waals surface area contributed by atoms with E-state index in [1.807, 2.05) is 12.1 Å². The lowest BCUT2D eigenvalue weighted by atomic mass is 10.0. The van der Waals surface area contributed by atoms with Crippen molar-refractivity contribution in [1.29, 1.82) is 0 Å². The highest BCUT2D eigenvalue weighted by Gasteiger charge is 2.27. The van der Waals surface area contributed by atoms with Crippen LogP contribution < -0.4 is 5.73 Å². The minimum Gasteiger partial charge on any atom is -0.390 e. The van der Waals surface area contributed by atoms with Crippen LogP contribution in [-0.2, 0) is 0 Å². The fraction of sp³-hybridized carbons (Fsp3) is 0.471. The Bertz CT molecular complexity index is 707. The molecule has 0 spiro atoms. The zero-order chi connectivity index (χ0) is 15.5. The van der Waals surface area contributed by atoms with Crippen molar-refractivity contribution >= 4 is 28.4 Å². The SMILES string of the molecule is CCCC/C(CO)=N\c1nc(N)nc2cccc(C3CC3)c12. The second-order valence-electron chi connectivity index (χ2n) is 5.86. The van der Waals surface area contributed by atoms with Crippen molar-refractivity contribution in [3.05, 3.63) is 23.8 Å². The smallest absolute Gasteiger partial charge is 0.222 e. The molecule has 1 aromatic carbocycles. The van der Waals surface area contributed by atoms with Gasteiger partial charge < -0.3 is 10.8 Å². The Morgan fingerprint density at radius 1 is 1.36 bits per heavy atom.